The number of nitrogens with zero attached hydrogens (tertiary/aromatic N) is 1. The fraction of sp³-hybridized carbons (Fsp3) is 0.0909. The minimum atomic E-state index is -0.198. The first-order valence-electron chi connectivity index (χ1n) is 8.93. The fourth-order valence-corrected chi connectivity index (χ4v) is 3.76. The van der Waals surface area contributed by atoms with Crippen molar-refractivity contribution < 1.29 is 13.9 Å². The molecule has 5 nitrogen and oxygen atoms in total. The van der Waals surface area contributed by atoms with Crippen molar-refractivity contribution in [2.45, 2.75) is 6.92 Å². The van der Waals surface area contributed by atoms with E-state index >= 15 is 0 Å². The number of carbonyl (C=O) groups excluding carboxylic acids is 1. The average Bonchev–Trinajstić information content (AvgIpc) is 3.13. The van der Waals surface area contributed by atoms with E-state index in [4.69, 9.17) is 9.15 Å². The molecule has 0 unspecified atom stereocenters. The van der Waals surface area contributed by atoms with Gasteiger partial charge in [-0.25, -0.2) is 4.98 Å². The molecule has 4 rings (SSSR count). The number of ether oxygens (including phenoxy) is 1. The highest BCUT2D eigenvalue weighted by molar-refractivity contribution is 14.1. The summed E-state index contributed by atoms with van der Waals surface area (Å²) in [6.07, 6.45) is 0. The van der Waals surface area contributed by atoms with E-state index in [2.05, 4.69) is 48.8 Å². The van der Waals surface area contributed by atoms with Crippen molar-refractivity contribution in [1.29, 1.82) is 0 Å². The van der Waals surface area contributed by atoms with Crippen LogP contribution in [0, 0.1) is 3.57 Å². The number of oxazole rings is 1. The van der Waals surface area contributed by atoms with Crippen LogP contribution in [0.15, 0.2) is 69.6 Å². The SMILES string of the molecule is CCOc1ccc(C(=O)Nc2ccc3oc(-c4cc(I)ccc4Br)nc3c2)cc1. The van der Waals surface area contributed by atoms with Crippen LogP contribution in [0.5, 0.6) is 5.75 Å². The molecule has 0 aliphatic heterocycles. The summed E-state index contributed by atoms with van der Waals surface area (Å²) in [5.41, 5.74) is 3.42. The predicted molar refractivity (Wildman–Crippen MR) is 125 cm³/mol. The zero-order valence-corrected chi connectivity index (χ0v) is 19.2. The molecule has 0 aliphatic carbocycles. The van der Waals surface area contributed by atoms with Crippen molar-refractivity contribution in [3.05, 3.63) is 74.3 Å². The number of nitrogens with one attached hydrogen (secondary N) is 1. The molecule has 0 radical (unpaired) electrons. The number of benzene rings is 3. The van der Waals surface area contributed by atoms with E-state index in [1.165, 1.54) is 0 Å². The van der Waals surface area contributed by atoms with Crippen molar-refractivity contribution in [3.63, 3.8) is 0 Å². The van der Waals surface area contributed by atoms with Crippen molar-refractivity contribution in [3.8, 4) is 17.2 Å². The van der Waals surface area contributed by atoms with Gasteiger partial charge >= 0.3 is 0 Å². The lowest BCUT2D eigenvalue weighted by atomic mass is 10.2. The van der Waals surface area contributed by atoms with Gasteiger partial charge in [0.05, 0.1) is 12.2 Å². The molecule has 0 atom stereocenters. The maximum absolute atomic E-state index is 12.5. The van der Waals surface area contributed by atoms with Gasteiger partial charge in [0.1, 0.15) is 11.3 Å². The van der Waals surface area contributed by atoms with Gasteiger partial charge < -0.3 is 14.5 Å². The second kappa shape index (κ2) is 8.54. The molecule has 29 heavy (non-hydrogen) atoms. The molecule has 0 saturated heterocycles. The Labute approximate surface area is 189 Å². The maximum Gasteiger partial charge on any atom is 0.255 e. The number of fused-ring (bicyclic) bond motifs is 1. The first kappa shape index (κ1) is 19.9. The third kappa shape index (κ3) is 4.45. The Morgan fingerprint density at radius 2 is 1.93 bits per heavy atom. The van der Waals surface area contributed by atoms with E-state index in [-0.39, 0.29) is 5.91 Å². The molecule has 7 heteroatoms. The van der Waals surface area contributed by atoms with Crippen LogP contribution in [0.2, 0.25) is 0 Å². The highest BCUT2D eigenvalue weighted by Gasteiger charge is 2.13. The molecule has 3 aromatic carbocycles. The van der Waals surface area contributed by atoms with Crippen LogP contribution in [-0.2, 0) is 0 Å². The summed E-state index contributed by atoms with van der Waals surface area (Å²) in [4.78, 5) is 17.1. The molecule has 0 saturated carbocycles. The number of halogens is 2. The topological polar surface area (TPSA) is 64.4 Å². The predicted octanol–water partition coefficient (Wildman–Crippen LogP) is 6.51. The van der Waals surface area contributed by atoms with E-state index in [1.54, 1.807) is 42.5 Å². The summed E-state index contributed by atoms with van der Waals surface area (Å²) in [5, 5.41) is 2.90. The lowest BCUT2D eigenvalue weighted by molar-refractivity contribution is 0.102. The van der Waals surface area contributed by atoms with Crippen LogP contribution < -0.4 is 10.1 Å². The molecule has 1 aromatic heterocycles. The molecule has 0 fully saturated rings. The van der Waals surface area contributed by atoms with E-state index in [9.17, 15) is 4.79 Å². The maximum atomic E-state index is 12.5. The minimum absolute atomic E-state index is 0.198. The zero-order valence-electron chi connectivity index (χ0n) is 15.4. The Balaban J connectivity index is 1.57. The third-order valence-electron chi connectivity index (χ3n) is 4.23. The average molecular weight is 563 g/mol. The first-order chi connectivity index (χ1) is 14.0. The van der Waals surface area contributed by atoms with Crippen LogP contribution in [-0.4, -0.2) is 17.5 Å². The molecule has 1 amide bonds. The van der Waals surface area contributed by atoms with Gasteiger partial charge in [0.15, 0.2) is 5.58 Å². The number of anilines is 1. The van der Waals surface area contributed by atoms with E-state index < -0.39 is 0 Å². The zero-order chi connectivity index (χ0) is 20.4. The summed E-state index contributed by atoms with van der Waals surface area (Å²) < 4.78 is 13.3. The van der Waals surface area contributed by atoms with Crippen LogP contribution in [0.25, 0.3) is 22.6 Å². The number of hydrogen-bond donors (Lipinski definition) is 1. The van der Waals surface area contributed by atoms with Gasteiger partial charge in [-0.1, -0.05) is 0 Å². The number of amides is 1. The lowest BCUT2D eigenvalue weighted by Gasteiger charge is -2.06. The summed E-state index contributed by atoms with van der Waals surface area (Å²) in [7, 11) is 0. The Hall–Kier alpha value is -2.39. The monoisotopic (exact) mass is 562 g/mol. The summed E-state index contributed by atoms with van der Waals surface area (Å²) in [6, 6.07) is 18.4. The highest BCUT2D eigenvalue weighted by atomic mass is 127. The lowest BCUT2D eigenvalue weighted by Crippen LogP contribution is -2.11. The van der Waals surface area contributed by atoms with Crippen molar-refractivity contribution in [1.82, 2.24) is 4.98 Å². The number of carbonyl (C=O) groups is 1. The normalized spacial score (nSPS) is 10.9. The molecule has 0 aliphatic rings. The number of hydrogen-bond acceptors (Lipinski definition) is 4. The summed E-state index contributed by atoms with van der Waals surface area (Å²) >= 11 is 5.80. The second-order valence-corrected chi connectivity index (χ2v) is 8.34. The van der Waals surface area contributed by atoms with Gasteiger partial charge in [-0.15, -0.1) is 0 Å². The largest absolute Gasteiger partial charge is 0.494 e. The Morgan fingerprint density at radius 1 is 1.14 bits per heavy atom. The minimum Gasteiger partial charge on any atom is -0.494 e. The molecule has 4 aromatic rings. The fourth-order valence-electron chi connectivity index (χ4n) is 2.85. The Kier molecular flexibility index (Phi) is 5.86. The number of aromatic nitrogens is 1. The van der Waals surface area contributed by atoms with Crippen LogP contribution >= 0.6 is 38.5 Å². The van der Waals surface area contributed by atoms with Crippen LogP contribution in [0.3, 0.4) is 0 Å². The van der Waals surface area contributed by atoms with Gasteiger partial charge in [-0.3, -0.25) is 4.79 Å². The van der Waals surface area contributed by atoms with E-state index in [0.29, 0.717) is 34.8 Å². The van der Waals surface area contributed by atoms with Crippen LogP contribution in [0.1, 0.15) is 17.3 Å². The van der Waals surface area contributed by atoms with Gasteiger partial charge in [-0.05, 0) is 106 Å². The summed E-state index contributed by atoms with van der Waals surface area (Å²) in [6.45, 7) is 2.51. The van der Waals surface area contributed by atoms with Gasteiger partial charge in [0.2, 0.25) is 5.89 Å². The standard InChI is InChI=1S/C22H16BrIN2O3/c1-2-28-16-7-3-13(4-8-16)21(27)25-15-6-10-20-19(12-15)26-22(29-20)17-11-14(24)5-9-18(17)23/h3-12H,2H2,1H3,(H,25,27). The molecule has 1 N–H and O–H groups in total. The molecule has 0 bridgehead atoms. The quantitative estimate of drug-likeness (QED) is 0.281. The smallest absolute Gasteiger partial charge is 0.255 e. The highest BCUT2D eigenvalue weighted by Crippen LogP contribution is 2.32. The Morgan fingerprint density at radius 3 is 2.69 bits per heavy atom. The van der Waals surface area contributed by atoms with Gasteiger partial charge in [0, 0.05) is 19.3 Å². The second-order valence-electron chi connectivity index (χ2n) is 6.24. The van der Waals surface area contributed by atoms with Gasteiger partial charge in [0.25, 0.3) is 5.91 Å². The Bertz CT molecular complexity index is 1190. The van der Waals surface area contributed by atoms with Crippen molar-refractivity contribution in [2.24, 2.45) is 0 Å². The third-order valence-corrected chi connectivity index (χ3v) is 5.59. The van der Waals surface area contributed by atoms with Crippen LogP contribution in [0.4, 0.5) is 5.69 Å². The van der Waals surface area contributed by atoms with Gasteiger partial charge in [-0.2, -0.15) is 0 Å². The molecular formula is C22H16BrIN2O3. The number of rotatable bonds is 5. The first-order valence-corrected chi connectivity index (χ1v) is 10.8. The van der Waals surface area contributed by atoms with Crippen molar-refractivity contribution in [2.75, 3.05) is 11.9 Å². The summed E-state index contributed by atoms with van der Waals surface area (Å²) in [5.74, 6) is 1.07. The van der Waals surface area contributed by atoms with E-state index in [0.717, 1.165) is 19.4 Å². The molecule has 146 valence electrons. The molecular weight excluding hydrogens is 547 g/mol. The van der Waals surface area contributed by atoms with Crippen molar-refractivity contribution >= 4 is 61.2 Å². The van der Waals surface area contributed by atoms with E-state index in [1.807, 2.05) is 25.1 Å². The molecule has 0 spiro atoms. The molecule has 1 heterocycles.